The number of nitrogens with zero attached hydrogens (tertiary/aromatic N) is 6. The molecular formula is C30H28F3N7O2S. The largest absolute Gasteiger partial charge is 0.573 e. The number of carbonyl (C=O) groups excluding carboxylic acids is 1. The predicted molar refractivity (Wildman–Crippen MR) is 163 cm³/mol. The maximum atomic E-state index is 12.7. The number of aryl methyl sites for hydroxylation is 1. The molecule has 2 heterocycles. The van der Waals surface area contributed by atoms with E-state index in [4.69, 9.17) is 0 Å². The number of nitrogens with one attached hydrogen (secondary N) is 1. The Hall–Kier alpha value is -4.65. The van der Waals surface area contributed by atoms with Crippen LogP contribution in [0.2, 0.25) is 0 Å². The van der Waals surface area contributed by atoms with E-state index in [2.05, 4.69) is 44.2 Å². The number of thioether (sulfide) groups is 1. The average molecular weight is 608 g/mol. The molecule has 3 aromatic carbocycles. The Morgan fingerprint density at radius 1 is 1.09 bits per heavy atom. The minimum absolute atomic E-state index is 0.0364. The first-order valence-corrected chi connectivity index (χ1v) is 14.3. The Morgan fingerprint density at radius 2 is 1.84 bits per heavy atom. The molecule has 1 aliphatic heterocycles. The summed E-state index contributed by atoms with van der Waals surface area (Å²) >= 11 is 1.35. The lowest BCUT2D eigenvalue weighted by atomic mass is 10.0. The highest BCUT2D eigenvalue weighted by molar-refractivity contribution is 8.15. The van der Waals surface area contributed by atoms with Gasteiger partial charge in [-0.05, 0) is 65.9 Å². The summed E-state index contributed by atoms with van der Waals surface area (Å²) in [7, 11) is 1.68. The van der Waals surface area contributed by atoms with Crippen molar-refractivity contribution in [3.05, 3.63) is 83.4 Å². The molecule has 1 aliphatic rings. The lowest BCUT2D eigenvalue weighted by molar-refractivity contribution is -0.274. The number of para-hydroxylation sites is 1. The molecule has 0 atom stereocenters. The molecule has 222 valence electrons. The highest BCUT2D eigenvalue weighted by atomic mass is 32.2. The molecular weight excluding hydrogens is 579 g/mol. The van der Waals surface area contributed by atoms with E-state index in [0.717, 1.165) is 27.9 Å². The SMILES string of the molecule is CNc1nc(-c2ccc(C=NN=C3SCC(=O)N3c3ccccc3C(C)C)cc2C)nn1-c1ccc(OC(F)(F)F)cc1. The molecule has 9 nitrogen and oxygen atoms in total. The van der Waals surface area contributed by atoms with Crippen LogP contribution >= 0.6 is 11.8 Å². The molecule has 0 saturated carbocycles. The second-order valence-electron chi connectivity index (χ2n) is 9.90. The van der Waals surface area contributed by atoms with Gasteiger partial charge in [-0.2, -0.15) is 14.8 Å². The summed E-state index contributed by atoms with van der Waals surface area (Å²) in [5.41, 5.74) is 4.83. The van der Waals surface area contributed by atoms with Gasteiger partial charge in [-0.15, -0.1) is 23.4 Å². The highest BCUT2D eigenvalue weighted by Crippen LogP contribution is 2.33. The molecule has 0 spiro atoms. The number of anilines is 2. The zero-order valence-corrected chi connectivity index (χ0v) is 24.6. The van der Waals surface area contributed by atoms with Crippen LogP contribution in [0.4, 0.5) is 24.8 Å². The molecule has 1 aromatic heterocycles. The van der Waals surface area contributed by atoms with Crippen molar-refractivity contribution in [2.75, 3.05) is 23.0 Å². The van der Waals surface area contributed by atoms with Gasteiger partial charge in [0.1, 0.15) is 5.75 Å². The van der Waals surface area contributed by atoms with E-state index in [-0.39, 0.29) is 17.6 Å². The fourth-order valence-corrected chi connectivity index (χ4v) is 5.39. The van der Waals surface area contributed by atoms with Crippen LogP contribution in [0, 0.1) is 6.92 Å². The van der Waals surface area contributed by atoms with Crippen LogP contribution in [-0.4, -0.2) is 51.2 Å². The fourth-order valence-electron chi connectivity index (χ4n) is 4.57. The van der Waals surface area contributed by atoms with Crippen LogP contribution < -0.4 is 15.0 Å². The van der Waals surface area contributed by atoms with Gasteiger partial charge in [-0.3, -0.25) is 9.69 Å². The van der Waals surface area contributed by atoms with Gasteiger partial charge < -0.3 is 10.1 Å². The van der Waals surface area contributed by atoms with Gasteiger partial charge in [-0.1, -0.05) is 55.9 Å². The van der Waals surface area contributed by atoms with Crippen molar-refractivity contribution in [1.82, 2.24) is 14.8 Å². The summed E-state index contributed by atoms with van der Waals surface area (Å²) in [5, 5.41) is 16.7. The number of hydrogen-bond donors (Lipinski definition) is 1. The Bertz CT molecular complexity index is 1700. The van der Waals surface area contributed by atoms with Gasteiger partial charge >= 0.3 is 6.36 Å². The summed E-state index contributed by atoms with van der Waals surface area (Å²) in [4.78, 5) is 18.9. The number of rotatable bonds is 8. The molecule has 4 aromatic rings. The predicted octanol–water partition coefficient (Wildman–Crippen LogP) is 6.78. The number of ether oxygens (including phenoxy) is 1. The van der Waals surface area contributed by atoms with Gasteiger partial charge in [-0.25, -0.2) is 0 Å². The second kappa shape index (κ2) is 12.3. The molecule has 1 fully saturated rings. The third kappa shape index (κ3) is 6.72. The molecule has 0 aliphatic carbocycles. The first kappa shape index (κ1) is 29.8. The molecule has 1 amide bonds. The number of alkyl halides is 3. The highest BCUT2D eigenvalue weighted by Gasteiger charge is 2.32. The quantitative estimate of drug-likeness (QED) is 0.175. The monoisotopic (exact) mass is 607 g/mol. The molecule has 0 unspecified atom stereocenters. The van der Waals surface area contributed by atoms with E-state index in [1.54, 1.807) is 18.2 Å². The molecule has 0 bridgehead atoms. The van der Waals surface area contributed by atoms with Crippen LogP contribution in [0.25, 0.3) is 17.1 Å². The van der Waals surface area contributed by atoms with Gasteiger partial charge in [0.05, 0.1) is 23.3 Å². The van der Waals surface area contributed by atoms with E-state index < -0.39 is 6.36 Å². The van der Waals surface area contributed by atoms with E-state index in [9.17, 15) is 18.0 Å². The topological polar surface area (TPSA) is 97.0 Å². The number of carbonyl (C=O) groups is 1. The summed E-state index contributed by atoms with van der Waals surface area (Å²) < 4.78 is 43.0. The third-order valence-electron chi connectivity index (χ3n) is 6.55. The van der Waals surface area contributed by atoms with Crippen LogP contribution in [0.3, 0.4) is 0 Å². The van der Waals surface area contributed by atoms with Gasteiger partial charge in [0.15, 0.2) is 11.0 Å². The Balaban J connectivity index is 1.36. The van der Waals surface area contributed by atoms with E-state index in [1.165, 1.54) is 40.7 Å². The molecule has 0 radical (unpaired) electrons. The van der Waals surface area contributed by atoms with Gasteiger partial charge in [0.2, 0.25) is 11.9 Å². The fraction of sp³-hybridized carbons (Fsp3) is 0.233. The minimum Gasteiger partial charge on any atom is -0.406 e. The Labute approximate surface area is 250 Å². The number of amides is 1. The van der Waals surface area contributed by atoms with Crippen molar-refractivity contribution in [3.63, 3.8) is 0 Å². The molecule has 13 heteroatoms. The Kier molecular flexibility index (Phi) is 8.53. The summed E-state index contributed by atoms with van der Waals surface area (Å²) in [6.07, 6.45) is -3.15. The number of hydrogen-bond acceptors (Lipinski definition) is 8. The van der Waals surface area contributed by atoms with Crippen LogP contribution in [0.1, 0.15) is 36.5 Å². The lowest BCUT2D eigenvalue weighted by Crippen LogP contribution is -2.30. The van der Waals surface area contributed by atoms with Crippen LogP contribution in [-0.2, 0) is 4.79 Å². The zero-order valence-electron chi connectivity index (χ0n) is 23.8. The van der Waals surface area contributed by atoms with E-state index in [1.807, 2.05) is 49.4 Å². The first-order chi connectivity index (χ1) is 20.5. The standard InChI is InChI=1S/C30H28F3N7O2S/c1-18(2)23-7-5-6-8-25(23)39-26(41)17-43-29(39)37-35-16-20-9-14-24(19(3)15-20)27-36-28(34-4)40(38-27)21-10-12-22(13-11-21)42-30(31,32)33/h5-16,18H,17H2,1-4H3,(H,34,36,38). The maximum Gasteiger partial charge on any atom is 0.573 e. The van der Waals surface area contributed by atoms with Gasteiger partial charge in [0, 0.05) is 12.6 Å². The van der Waals surface area contributed by atoms with Crippen molar-refractivity contribution in [3.8, 4) is 22.8 Å². The van der Waals surface area contributed by atoms with Crippen molar-refractivity contribution in [2.45, 2.75) is 33.1 Å². The summed E-state index contributed by atoms with van der Waals surface area (Å²) in [6.45, 7) is 6.08. The van der Waals surface area contributed by atoms with E-state index in [0.29, 0.717) is 28.4 Å². The normalized spacial score (nSPS) is 14.8. The van der Waals surface area contributed by atoms with Crippen LogP contribution in [0.5, 0.6) is 5.75 Å². The molecule has 5 rings (SSSR count). The lowest BCUT2D eigenvalue weighted by Gasteiger charge is -2.20. The number of halogens is 3. The van der Waals surface area contributed by atoms with Gasteiger partial charge in [0.25, 0.3) is 0 Å². The zero-order chi connectivity index (χ0) is 30.7. The summed E-state index contributed by atoms with van der Waals surface area (Å²) in [6, 6.07) is 18.8. The van der Waals surface area contributed by atoms with E-state index >= 15 is 0 Å². The third-order valence-corrected chi connectivity index (χ3v) is 7.47. The Morgan fingerprint density at radius 3 is 2.51 bits per heavy atom. The van der Waals surface area contributed by atoms with Crippen molar-refractivity contribution in [2.24, 2.45) is 10.2 Å². The van der Waals surface area contributed by atoms with Crippen LogP contribution in [0.15, 0.2) is 76.9 Å². The number of benzene rings is 3. The minimum atomic E-state index is -4.77. The van der Waals surface area contributed by atoms with Crippen molar-refractivity contribution < 1.29 is 22.7 Å². The molecule has 1 N–H and O–H groups in total. The molecule has 43 heavy (non-hydrogen) atoms. The average Bonchev–Trinajstić information content (AvgIpc) is 3.56. The van der Waals surface area contributed by atoms with Crippen molar-refractivity contribution >= 4 is 40.7 Å². The number of amidine groups is 1. The maximum absolute atomic E-state index is 12.7. The van der Waals surface area contributed by atoms with Crippen molar-refractivity contribution in [1.29, 1.82) is 0 Å². The summed E-state index contributed by atoms with van der Waals surface area (Å²) in [5.74, 6) is 1.02. The number of aromatic nitrogens is 3. The second-order valence-corrected chi connectivity index (χ2v) is 10.8. The molecule has 1 saturated heterocycles. The smallest absolute Gasteiger partial charge is 0.406 e. The first-order valence-electron chi connectivity index (χ1n) is 13.3.